The zero-order valence-electron chi connectivity index (χ0n) is 8.38. The standard InChI is InChI=1S/C8H13Cl3N2S2/c1-12-2-4-13(5-3-12)7(14)15-6-8(9,10)11/h2-6H2,1H3. The molecule has 0 bridgehead atoms. The third-order valence-corrected chi connectivity index (χ3v) is 4.69. The summed E-state index contributed by atoms with van der Waals surface area (Å²) in [4.78, 5) is 4.44. The molecule has 1 fully saturated rings. The SMILES string of the molecule is CN1CCN(C(=S)SCC(Cl)(Cl)Cl)CC1. The number of thiocarbonyl (C=S) groups is 1. The summed E-state index contributed by atoms with van der Waals surface area (Å²) in [5.74, 6) is 0.406. The van der Waals surface area contributed by atoms with Gasteiger partial charge in [0.05, 0.1) is 0 Å². The first kappa shape index (κ1) is 14.1. The molecule has 0 amide bonds. The number of hydrogen-bond donors (Lipinski definition) is 0. The summed E-state index contributed by atoms with van der Waals surface area (Å²) < 4.78 is -0.393. The molecule has 0 aromatic heterocycles. The summed E-state index contributed by atoms with van der Waals surface area (Å²) in [5.41, 5.74) is 0. The van der Waals surface area contributed by atoms with E-state index in [-0.39, 0.29) is 0 Å². The van der Waals surface area contributed by atoms with Crippen LogP contribution in [-0.4, -0.2) is 56.9 Å². The summed E-state index contributed by atoms with van der Waals surface area (Å²) in [6.45, 7) is 3.99. The van der Waals surface area contributed by atoms with E-state index in [1.54, 1.807) is 0 Å². The van der Waals surface area contributed by atoms with Gasteiger partial charge in [0.15, 0.2) is 3.79 Å². The van der Waals surface area contributed by atoms with E-state index in [1.165, 1.54) is 11.8 Å². The first-order valence-corrected chi connectivity index (χ1v) is 7.08. The number of piperazine rings is 1. The average Bonchev–Trinajstić information content (AvgIpc) is 2.14. The zero-order chi connectivity index (χ0) is 11.5. The van der Waals surface area contributed by atoms with Gasteiger partial charge in [-0.1, -0.05) is 58.8 Å². The Morgan fingerprint density at radius 2 is 1.80 bits per heavy atom. The van der Waals surface area contributed by atoms with Gasteiger partial charge in [-0.3, -0.25) is 0 Å². The van der Waals surface area contributed by atoms with Crippen LogP contribution in [0.15, 0.2) is 0 Å². The molecule has 1 aliphatic rings. The highest BCUT2D eigenvalue weighted by molar-refractivity contribution is 8.23. The van der Waals surface area contributed by atoms with Crippen molar-refractivity contribution in [3.05, 3.63) is 0 Å². The van der Waals surface area contributed by atoms with Crippen molar-refractivity contribution in [2.45, 2.75) is 3.79 Å². The largest absolute Gasteiger partial charge is 0.355 e. The van der Waals surface area contributed by atoms with Crippen LogP contribution in [0.2, 0.25) is 0 Å². The summed E-state index contributed by atoms with van der Waals surface area (Å²) in [7, 11) is 2.11. The van der Waals surface area contributed by atoms with Crippen LogP contribution in [-0.2, 0) is 0 Å². The van der Waals surface area contributed by atoms with Crippen LogP contribution in [0.4, 0.5) is 0 Å². The van der Waals surface area contributed by atoms with Gasteiger partial charge in [0.25, 0.3) is 0 Å². The Kier molecular flexibility index (Phi) is 5.77. The molecule has 0 saturated carbocycles. The lowest BCUT2D eigenvalue weighted by molar-refractivity contribution is 0.220. The van der Waals surface area contributed by atoms with Crippen LogP contribution in [0.25, 0.3) is 0 Å². The van der Waals surface area contributed by atoms with Crippen molar-refractivity contribution in [2.24, 2.45) is 0 Å². The number of halogens is 3. The van der Waals surface area contributed by atoms with Crippen LogP contribution in [0.3, 0.4) is 0 Å². The molecule has 2 nitrogen and oxygen atoms in total. The van der Waals surface area contributed by atoms with Gasteiger partial charge in [0.1, 0.15) is 4.32 Å². The Labute approximate surface area is 115 Å². The minimum atomic E-state index is -1.22. The number of likely N-dealkylation sites (N-methyl/N-ethyl adjacent to an activating group) is 1. The second kappa shape index (κ2) is 6.12. The van der Waals surface area contributed by atoms with Crippen molar-refractivity contribution >= 4 is 63.1 Å². The van der Waals surface area contributed by atoms with Gasteiger partial charge in [-0.25, -0.2) is 0 Å². The number of thioether (sulfide) groups is 1. The quantitative estimate of drug-likeness (QED) is 0.542. The van der Waals surface area contributed by atoms with Crippen molar-refractivity contribution in [2.75, 3.05) is 39.0 Å². The fourth-order valence-electron chi connectivity index (χ4n) is 1.22. The van der Waals surface area contributed by atoms with E-state index in [0.29, 0.717) is 5.75 Å². The number of alkyl halides is 3. The summed E-state index contributed by atoms with van der Waals surface area (Å²) in [6.07, 6.45) is 0. The van der Waals surface area contributed by atoms with E-state index in [0.717, 1.165) is 30.5 Å². The Morgan fingerprint density at radius 1 is 1.27 bits per heavy atom. The maximum Gasteiger partial charge on any atom is 0.199 e. The van der Waals surface area contributed by atoms with Crippen molar-refractivity contribution in [1.29, 1.82) is 0 Å². The molecular formula is C8H13Cl3N2S2. The fraction of sp³-hybridized carbons (Fsp3) is 0.875. The second-order valence-electron chi connectivity index (χ2n) is 3.46. The lowest BCUT2D eigenvalue weighted by atomic mass is 10.4. The van der Waals surface area contributed by atoms with Crippen LogP contribution in [0.5, 0.6) is 0 Å². The van der Waals surface area contributed by atoms with Crippen LogP contribution in [0.1, 0.15) is 0 Å². The summed E-state index contributed by atoms with van der Waals surface area (Å²) >= 11 is 23.7. The average molecular weight is 308 g/mol. The molecule has 0 radical (unpaired) electrons. The van der Waals surface area contributed by atoms with Crippen molar-refractivity contribution in [1.82, 2.24) is 9.80 Å². The molecule has 0 aliphatic carbocycles. The molecule has 7 heteroatoms. The van der Waals surface area contributed by atoms with Gasteiger partial charge in [-0.05, 0) is 7.05 Å². The monoisotopic (exact) mass is 306 g/mol. The number of nitrogens with zero attached hydrogens (tertiary/aromatic N) is 2. The topological polar surface area (TPSA) is 6.48 Å². The van der Waals surface area contributed by atoms with Gasteiger partial charge in [-0.15, -0.1) is 0 Å². The highest BCUT2D eigenvalue weighted by atomic mass is 35.6. The maximum absolute atomic E-state index is 5.66. The predicted octanol–water partition coefficient (Wildman–Crippen LogP) is 2.62. The van der Waals surface area contributed by atoms with Crippen molar-refractivity contribution in [3.8, 4) is 0 Å². The molecular weight excluding hydrogens is 295 g/mol. The van der Waals surface area contributed by atoms with Crippen molar-refractivity contribution in [3.63, 3.8) is 0 Å². The molecule has 88 valence electrons. The summed E-state index contributed by atoms with van der Waals surface area (Å²) in [5, 5.41) is 0. The van der Waals surface area contributed by atoms with Gasteiger partial charge in [0.2, 0.25) is 0 Å². The van der Waals surface area contributed by atoms with Gasteiger partial charge < -0.3 is 9.80 Å². The molecule has 1 saturated heterocycles. The third-order valence-electron chi connectivity index (χ3n) is 2.12. The minimum absolute atomic E-state index is 0.406. The third kappa shape index (κ3) is 5.80. The Bertz CT molecular complexity index is 224. The van der Waals surface area contributed by atoms with Crippen LogP contribution < -0.4 is 0 Å². The van der Waals surface area contributed by atoms with E-state index in [1.807, 2.05) is 0 Å². The van der Waals surface area contributed by atoms with E-state index in [9.17, 15) is 0 Å². The Balaban J connectivity index is 2.29. The molecule has 1 heterocycles. The molecule has 15 heavy (non-hydrogen) atoms. The van der Waals surface area contributed by atoms with Crippen LogP contribution >= 0.6 is 58.8 Å². The molecule has 1 aliphatic heterocycles. The Hall–Kier alpha value is 1.07. The Morgan fingerprint density at radius 3 is 2.27 bits per heavy atom. The summed E-state index contributed by atoms with van der Waals surface area (Å²) in [6, 6.07) is 0. The number of rotatable bonds is 1. The molecule has 1 rings (SSSR count). The van der Waals surface area contributed by atoms with Crippen molar-refractivity contribution < 1.29 is 0 Å². The van der Waals surface area contributed by atoms with Gasteiger partial charge in [-0.2, -0.15) is 0 Å². The molecule has 0 spiro atoms. The highest BCUT2D eigenvalue weighted by Gasteiger charge is 2.23. The molecule has 0 aromatic rings. The molecule has 0 atom stereocenters. The smallest absolute Gasteiger partial charge is 0.199 e. The van der Waals surface area contributed by atoms with E-state index >= 15 is 0 Å². The molecule has 0 N–H and O–H groups in total. The predicted molar refractivity (Wildman–Crippen MR) is 74.4 cm³/mol. The zero-order valence-corrected chi connectivity index (χ0v) is 12.3. The molecule has 0 unspecified atom stereocenters. The van der Waals surface area contributed by atoms with Gasteiger partial charge in [0, 0.05) is 31.9 Å². The van der Waals surface area contributed by atoms with Crippen LogP contribution in [0, 0.1) is 0 Å². The second-order valence-corrected chi connectivity index (χ2v) is 7.59. The van der Waals surface area contributed by atoms with E-state index in [2.05, 4.69) is 16.8 Å². The number of hydrogen-bond acceptors (Lipinski definition) is 3. The van der Waals surface area contributed by atoms with E-state index in [4.69, 9.17) is 47.0 Å². The maximum atomic E-state index is 5.66. The van der Waals surface area contributed by atoms with Gasteiger partial charge >= 0.3 is 0 Å². The lowest BCUT2D eigenvalue weighted by Crippen LogP contribution is -2.46. The fourth-order valence-corrected chi connectivity index (χ4v) is 2.73. The normalized spacial score (nSPS) is 19.3. The van der Waals surface area contributed by atoms with E-state index < -0.39 is 3.79 Å². The first-order chi connectivity index (χ1) is 6.88. The lowest BCUT2D eigenvalue weighted by Gasteiger charge is -2.34. The highest BCUT2D eigenvalue weighted by Crippen LogP contribution is 2.31. The molecule has 0 aromatic carbocycles. The first-order valence-electron chi connectivity index (χ1n) is 4.55. The minimum Gasteiger partial charge on any atom is -0.355 e.